The summed E-state index contributed by atoms with van der Waals surface area (Å²) >= 11 is 0. The molecule has 0 spiro atoms. The Labute approximate surface area is 229 Å². The van der Waals surface area contributed by atoms with Crippen molar-refractivity contribution >= 4 is 33.5 Å². The smallest absolute Gasteiger partial charge is 0.311 e. The Bertz CT molecular complexity index is 1060. The van der Waals surface area contributed by atoms with Gasteiger partial charge in [0.25, 0.3) is 0 Å². The van der Waals surface area contributed by atoms with Gasteiger partial charge in [-0.05, 0) is 58.7 Å². The number of fused-ring (bicyclic) bond motifs is 2. The number of rotatable bonds is 18. The minimum absolute atomic E-state index is 0.275. The molecule has 0 unspecified atom stereocenters. The lowest BCUT2D eigenvalue weighted by molar-refractivity contribution is -0.137. The maximum atomic E-state index is 12.7. The molecule has 0 aliphatic heterocycles. The van der Waals surface area contributed by atoms with Gasteiger partial charge in [-0.25, -0.2) is 0 Å². The molecular weight excluding hydrogens is 472 g/mol. The van der Waals surface area contributed by atoms with Gasteiger partial charge in [-0.2, -0.15) is 0 Å². The third-order valence-corrected chi connectivity index (χ3v) is 7.18. The van der Waals surface area contributed by atoms with Crippen LogP contribution in [-0.2, 0) is 9.59 Å². The number of esters is 2. The average molecular weight is 519 g/mol. The Morgan fingerprint density at radius 3 is 1.26 bits per heavy atom. The molecule has 0 saturated carbocycles. The van der Waals surface area contributed by atoms with Gasteiger partial charge in [0.15, 0.2) is 11.5 Å². The van der Waals surface area contributed by atoms with Crippen molar-refractivity contribution in [3.8, 4) is 11.5 Å². The first-order chi connectivity index (χ1) is 18.6. The van der Waals surface area contributed by atoms with Crippen LogP contribution in [0.2, 0.25) is 0 Å². The van der Waals surface area contributed by atoms with Crippen molar-refractivity contribution in [3.05, 3.63) is 48.5 Å². The lowest BCUT2D eigenvalue weighted by Crippen LogP contribution is -2.12. The third-order valence-electron chi connectivity index (χ3n) is 7.18. The zero-order chi connectivity index (χ0) is 27.0. The second-order valence-electron chi connectivity index (χ2n) is 10.5. The summed E-state index contributed by atoms with van der Waals surface area (Å²) < 4.78 is 11.6. The molecule has 0 saturated heterocycles. The normalized spacial score (nSPS) is 11.2. The molecule has 4 nitrogen and oxygen atoms in total. The van der Waals surface area contributed by atoms with Crippen molar-refractivity contribution in [1.82, 2.24) is 0 Å². The third kappa shape index (κ3) is 10.1. The minimum Gasteiger partial charge on any atom is -0.422 e. The van der Waals surface area contributed by atoms with E-state index >= 15 is 0 Å². The fourth-order valence-electron chi connectivity index (χ4n) is 4.91. The van der Waals surface area contributed by atoms with Crippen LogP contribution < -0.4 is 9.47 Å². The van der Waals surface area contributed by atoms with Gasteiger partial charge >= 0.3 is 11.9 Å². The van der Waals surface area contributed by atoms with Crippen LogP contribution in [0.3, 0.4) is 0 Å². The molecule has 0 radical (unpaired) electrons. The largest absolute Gasteiger partial charge is 0.422 e. The van der Waals surface area contributed by atoms with Gasteiger partial charge < -0.3 is 9.47 Å². The Kier molecular flexibility index (Phi) is 13.2. The van der Waals surface area contributed by atoms with Crippen LogP contribution in [-0.4, -0.2) is 11.9 Å². The highest BCUT2D eigenvalue weighted by atomic mass is 16.6. The summed E-state index contributed by atoms with van der Waals surface area (Å²) in [4.78, 5) is 25.4. The molecular formula is C34H46O4. The zero-order valence-electron chi connectivity index (χ0n) is 23.6. The zero-order valence-corrected chi connectivity index (χ0v) is 23.6. The van der Waals surface area contributed by atoms with Gasteiger partial charge in [-0.15, -0.1) is 0 Å². The van der Waals surface area contributed by atoms with Crippen molar-refractivity contribution in [2.75, 3.05) is 0 Å². The number of hydrogen-bond donors (Lipinski definition) is 0. The minimum atomic E-state index is -0.275. The Morgan fingerprint density at radius 1 is 0.500 bits per heavy atom. The van der Waals surface area contributed by atoms with Crippen molar-refractivity contribution in [1.29, 1.82) is 0 Å². The van der Waals surface area contributed by atoms with Crippen molar-refractivity contribution in [3.63, 3.8) is 0 Å². The summed E-state index contributed by atoms with van der Waals surface area (Å²) in [6.07, 6.45) is 16.7. The van der Waals surface area contributed by atoms with Crippen LogP contribution in [0.1, 0.15) is 117 Å². The van der Waals surface area contributed by atoms with Crippen LogP contribution in [0.15, 0.2) is 48.5 Å². The lowest BCUT2D eigenvalue weighted by atomic mass is 10.0. The number of benzene rings is 3. The van der Waals surface area contributed by atoms with E-state index in [1.54, 1.807) is 0 Å². The first kappa shape index (κ1) is 29.7. The van der Waals surface area contributed by atoms with Crippen LogP contribution in [0.5, 0.6) is 11.5 Å². The van der Waals surface area contributed by atoms with E-state index in [0.717, 1.165) is 60.1 Å². The molecule has 0 fully saturated rings. The predicted molar refractivity (Wildman–Crippen MR) is 158 cm³/mol. The molecule has 0 aliphatic rings. The van der Waals surface area contributed by atoms with E-state index in [4.69, 9.17) is 9.47 Å². The highest BCUT2D eigenvalue weighted by Gasteiger charge is 2.16. The molecule has 4 heteroatoms. The number of unbranched alkanes of at least 4 members (excludes halogenated alkanes) is 12. The molecule has 0 heterocycles. The van der Waals surface area contributed by atoms with Gasteiger partial charge in [0, 0.05) is 12.8 Å². The second kappa shape index (κ2) is 16.9. The lowest BCUT2D eigenvalue weighted by Gasteiger charge is -2.13. The molecule has 38 heavy (non-hydrogen) atoms. The Balaban J connectivity index is 1.64. The van der Waals surface area contributed by atoms with E-state index in [2.05, 4.69) is 38.1 Å². The van der Waals surface area contributed by atoms with Crippen LogP contribution in [0.25, 0.3) is 21.5 Å². The van der Waals surface area contributed by atoms with Gasteiger partial charge in [-0.1, -0.05) is 115 Å². The highest BCUT2D eigenvalue weighted by molar-refractivity contribution is 6.00. The fraction of sp³-hybridized carbons (Fsp3) is 0.529. The molecule has 0 aliphatic carbocycles. The number of ether oxygens (including phenoxy) is 2. The van der Waals surface area contributed by atoms with E-state index in [1.807, 2.05) is 24.3 Å². The standard InChI is InChI=1S/C34H46O4/c1-3-5-7-9-11-13-15-21-33(35)37-31-25-29-23-27-19-17-18-20-28(27)24-30(29)26-32(31)38-34(36)22-16-14-12-10-8-6-4-2/h17-20,23-26H,3-16,21-22H2,1-2H3. The topological polar surface area (TPSA) is 52.6 Å². The number of carbonyl (C=O) groups is 2. The van der Waals surface area contributed by atoms with Gasteiger partial charge in [0.2, 0.25) is 0 Å². The van der Waals surface area contributed by atoms with Crippen LogP contribution in [0, 0.1) is 0 Å². The SMILES string of the molecule is CCCCCCCCCC(=O)Oc1cc2cc3ccccc3cc2cc1OC(=O)CCCCCCCCC. The monoisotopic (exact) mass is 518 g/mol. The molecule has 0 amide bonds. The van der Waals surface area contributed by atoms with Gasteiger partial charge in [0.1, 0.15) is 0 Å². The molecule has 0 atom stereocenters. The van der Waals surface area contributed by atoms with Crippen molar-refractivity contribution in [2.45, 2.75) is 117 Å². The quantitative estimate of drug-likeness (QED) is 0.0727. The first-order valence-corrected chi connectivity index (χ1v) is 15.0. The highest BCUT2D eigenvalue weighted by Crippen LogP contribution is 2.35. The summed E-state index contributed by atoms with van der Waals surface area (Å²) in [6.45, 7) is 4.43. The number of hydrogen-bond acceptors (Lipinski definition) is 4. The molecule has 206 valence electrons. The van der Waals surface area contributed by atoms with E-state index in [1.165, 1.54) is 51.4 Å². The Morgan fingerprint density at radius 2 is 0.868 bits per heavy atom. The Hall–Kier alpha value is -2.88. The maximum Gasteiger partial charge on any atom is 0.311 e. The molecule has 0 bridgehead atoms. The summed E-state index contributed by atoms with van der Waals surface area (Å²) in [5.74, 6) is 0.105. The van der Waals surface area contributed by atoms with E-state index in [-0.39, 0.29) is 11.9 Å². The van der Waals surface area contributed by atoms with Crippen LogP contribution >= 0.6 is 0 Å². The molecule has 3 aromatic rings. The molecule has 0 aromatic heterocycles. The van der Waals surface area contributed by atoms with Crippen molar-refractivity contribution < 1.29 is 19.1 Å². The summed E-state index contributed by atoms with van der Waals surface area (Å²) in [5, 5.41) is 4.14. The van der Waals surface area contributed by atoms with Gasteiger partial charge in [0.05, 0.1) is 0 Å². The first-order valence-electron chi connectivity index (χ1n) is 15.0. The average Bonchev–Trinajstić information content (AvgIpc) is 2.91. The van der Waals surface area contributed by atoms with E-state index in [0.29, 0.717) is 24.3 Å². The summed E-state index contributed by atoms with van der Waals surface area (Å²) in [6, 6.07) is 16.0. The molecule has 3 aromatic carbocycles. The van der Waals surface area contributed by atoms with Gasteiger partial charge in [-0.3, -0.25) is 9.59 Å². The molecule has 3 rings (SSSR count). The number of carbonyl (C=O) groups excluding carboxylic acids is 2. The van der Waals surface area contributed by atoms with Crippen LogP contribution in [0.4, 0.5) is 0 Å². The maximum absolute atomic E-state index is 12.7. The van der Waals surface area contributed by atoms with Crippen molar-refractivity contribution in [2.24, 2.45) is 0 Å². The summed E-state index contributed by atoms with van der Waals surface area (Å²) in [5.41, 5.74) is 0. The second-order valence-corrected chi connectivity index (χ2v) is 10.5. The molecule has 0 N–H and O–H groups in total. The van der Waals surface area contributed by atoms with E-state index < -0.39 is 0 Å². The predicted octanol–water partition coefficient (Wildman–Crippen LogP) is 10.1. The summed E-state index contributed by atoms with van der Waals surface area (Å²) in [7, 11) is 0. The fourth-order valence-corrected chi connectivity index (χ4v) is 4.91. The van der Waals surface area contributed by atoms with E-state index in [9.17, 15) is 9.59 Å².